The Bertz CT molecular complexity index is 321. The normalized spacial score (nSPS) is 18.8. The van der Waals surface area contributed by atoms with E-state index in [0.717, 1.165) is 25.9 Å². The van der Waals surface area contributed by atoms with Gasteiger partial charge < -0.3 is 16.0 Å². The summed E-state index contributed by atoms with van der Waals surface area (Å²) in [4.78, 5) is 25.6. The van der Waals surface area contributed by atoms with Gasteiger partial charge in [-0.05, 0) is 18.8 Å². The SMILES string of the molecule is CC(C)C(=O)N1CCC(NC(=O)C(N)C(C)C)CC1. The number of likely N-dealkylation sites (tertiary alicyclic amines) is 1. The Morgan fingerprint density at radius 1 is 1.16 bits per heavy atom. The Kier molecular flexibility index (Phi) is 5.79. The van der Waals surface area contributed by atoms with E-state index >= 15 is 0 Å². The van der Waals surface area contributed by atoms with Crippen LogP contribution in [0.25, 0.3) is 0 Å². The lowest BCUT2D eigenvalue weighted by molar-refractivity contribution is -0.135. The molecule has 1 fully saturated rings. The number of hydrogen-bond donors (Lipinski definition) is 2. The molecule has 3 N–H and O–H groups in total. The van der Waals surface area contributed by atoms with E-state index in [1.165, 1.54) is 0 Å². The Morgan fingerprint density at radius 3 is 2.11 bits per heavy atom. The number of nitrogens with two attached hydrogens (primary N) is 1. The standard InChI is InChI=1S/C14H27N3O2/c1-9(2)12(15)13(18)16-11-5-7-17(8-6-11)14(19)10(3)4/h9-12H,5-8,15H2,1-4H3,(H,16,18). The molecule has 110 valence electrons. The Morgan fingerprint density at radius 2 is 1.68 bits per heavy atom. The number of carbonyl (C=O) groups excluding carboxylic acids is 2. The van der Waals surface area contributed by atoms with E-state index in [1.807, 2.05) is 32.6 Å². The maximum absolute atomic E-state index is 11.9. The molecule has 1 atom stereocenters. The van der Waals surface area contributed by atoms with Gasteiger partial charge in [0.1, 0.15) is 0 Å². The number of hydrogen-bond acceptors (Lipinski definition) is 3. The van der Waals surface area contributed by atoms with Crippen molar-refractivity contribution < 1.29 is 9.59 Å². The topological polar surface area (TPSA) is 75.4 Å². The summed E-state index contributed by atoms with van der Waals surface area (Å²) in [5.41, 5.74) is 5.82. The average Bonchev–Trinajstić information content (AvgIpc) is 2.37. The van der Waals surface area contributed by atoms with E-state index < -0.39 is 6.04 Å². The number of piperidine rings is 1. The van der Waals surface area contributed by atoms with E-state index in [2.05, 4.69) is 5.32 Å². The van der Waals surface area contributed by atoms with E-state index in [-0.39, 0.29) is 29.7 Å². The Hall–Kier alpha value is -1.10. The van der Waals surface area contributed by atoms with Crippen LogP contribution in [0.1, 0.15) is 40.5 Å². The predicted octanol–water partition coefficient (Wildman–Crippen LogP) is 0.733. The monoisotopic (exact) mass is 269 g/mol. The minimum atomic E-state index is -0.449. The fourth-order valence-electron chi connectivity index (χ4n) is 2.21. The van der Waals surface area contributed by atoms with E-state index in [9.17, 15) is 9.59 Å². The summed E-state index contributed by atoms with van der Waals surface area (Å²) < 4.78 is 0. The zero-order valence-electron chi connectivity index (χ0n) is 12.5. The number of nitrogens with one attached hydrogen (secondary N) is 1. The molecule has 0 bridgehead atoms. The second-order valence-corrected chi connectivity index (χ2v) is 6.03. The van der Waals surface area contributed by atoms with Gasteiger partial charge >= 0.3 is 0 Å². The summed E-state index contributed by atoms with van der Waals surface area (Å²) in [5.74, 6) is 0.301. The molecule has 1 rings (SSSR count). The van der Waals surface area contributed by atoms with Gasteiger partial charge in [-0.25, -0.2) is 0 Å². The quantitative estimate of drug-likeness (QED) is 0.790. The molecule has 0 aliphatic carbocycles. The molecule has 5 heteroatoms. The van der Waals surface area contributed by atoms with Gasteiger partial charge in [-0.15, -0.1) is 0 Å². The molecule has 0 aromatic rings. The molecule has 1 saturated heterocycles. The van der Waals surface area contributed by atoms with Crippen molar-refractivity contribution in [1.29, 1.82) is 0 Å². The highest BCUT2D eigenvalue weighted by molar-refractivity contribution is 5.82. The lowest BCUT2D eigenvalue weighted by atomic mass is 10.0. The first-order valence-electron chi connectivity index (χ1n) is 7.17. The minimum Gasteiger partial charge on any atom is -0.352 e. The lowest BCUT2D eigenvalue weighted by Gasteiger charge is -2.34. The van der Waals surface area contributed by atoms with Crippen molar-refractivity contribution >= 4 is 11.8 Å². The third kappa shape index (κ3) is 4.49. The third-order valence-corrected chi connectivity index (χ3v) is 3.67. The van der Waals surface area contributed by atoms with Crippen molar-refractivity contribution in [1.82, 2.24) is 10.2 Å². The number of amides is 2. The van der Waals surface area contributed by atoms with Crippen LogP contribution in [0.4, 0.5) is 0 Å². The predicted molar refractivity (Wildman–Crippen MR) is 75.4 cm³/mol. The largest absolute Gasteiger partial charge is 0.352 e. The number of nitrogens with zero attached hydrogens (tertiary/aromatic N) is 1. The highest BCUT2D eigenvalue weighted by atomic mass is 16.2. The maximum Gasteiger partial charge on any atom is 0.237 e. The van der Waals surface area contributed by atoms with Gasteiger partial charge in [0.15, 0.2) is 0 Å². The molecule has 0 spiro atoms. The van der Waals surface area contributed by atoms with E-state index in [0.29, 0.717) is 0 Å². The van der Waals surface area contributed by atoms with Gasteiger partial charge in [-0.3, -0.25) is 9.59 Å². The molecule has 0 aromatic heterocycles. The molecular formula is C14H27N3O2. The first-order valence-corrected chi connectivity index (χ1v) is 7.17. The molecule has 1 aliphatic heterocycles. The van der Waals surface area contributed by atoms with Crippen LogP contribution in [0.5, 0.6) is 0 Å². The maximum atomic E-state index is 11.9. The summed E-state index contributed by atoms with van der Waals surface area (Å²) in [6, 6.07) is -0.302. The molecule has 1 heterocycles. The van der Waals surface area contributed by atoms with Crippen molar-refractivity contribution in [3.63, 3.8) is 0 Å². The molecule has 5 nitrogen and oxygen atoms in total. The Labute approximate surface area is 115 Å². The van der Waals surface area contributed by atoms with Gasteiger partial charge in [-0.2, -0.15) is 0 Å². The molecule has 19 heavy (non-hydrogen) atoms. The molecule has 2 amide bonds. The molecular weight excluding hydrogens is 242 g/mol. The van der Waals surface area contributed by atoms with Crippen LogP contribution >= 0.6 is 0 Å². The summed E-state index contributed by atoms with van der Waals surface area (Å²) in [6.07, 6.45) is 1.63. The first kappa shape index (κ1) is 16.0. The van der Waals surface area contributed by atoms with Crippen LogP contribution in [-0.2, 0) is 9.59 Å². The van der Waals surface area contributed by atoms with E-state index in [4.69, 9.17) is 5.73 Å². The van der Waals surface area contributed by atoms with Gasteiger partial charge in [-0.1, -0.05) is 27.7 Å². The summed E-state index contributed by atoms with van der Waals surface area (Å²) in [5, 5.41) is 2.99. The summed E-state index contributed by atoms with van der Waals surface area (Å²) in [7, 11) is 0. The van der Waals surface area contributed by atoms with Crippen LogP contribution in [0.3, 0.4) is 0 Å². The van der Waals surface area contributed by atoms with Crippen LogP contribution < -0.4 is 11.1 Å². The smallest absolute Gasteiger partial charge is 0.237 e. The van der Waals surface area contributed by atoms with Gasteiger partial charge in [0.2, 0.25) is 11.8 Å². The van der Waals surface area contributed by atoms with Crippen molar-refractivity contribution in [3.8, 4) is 0 Å². The number of rotatable bonds is 4. The molecule has 0 radical (unpaired) electrons. The molecule has 1 aliphatic rings. The molecule has 0 aromatic carbocycles. The lowest BCUT2D eigenvalue weighted by Crippen LogP contribution is -2.52. The fraction of sp³-hybridized carbons (Fsp3) is 0.857. The highest BCUT2D eigenvalue weighted by Crippen LogP contribution is 2.13. The molecule has 0 saturated carbocycles. The minimum absolute atomic E-state index is 0.0421. The van der Waals surface area contributed by atoms with Crippen molar-refractivity contribution in [2.45, 2.75) is 52.6 Å². The van der Waals surface area contributed by atoms with Crippen LogP contribution in [0.2, 0.25) is 0 Å². The van der Waals surface area contributed by atoms with Gasteiger partial charge in [0.05, 0.1) is 6.04 Å². The zero-order valence-corrected chi connectivity index (χ0v) is 12.5. The summed E-state index contributed by atoms with van der Waals surface area (Å²) >= 11 is 0. The van der Waals surface area contributed by atoms with Crippen molar-refractivity contribution in [2.75, 3.05) is 13.1 Å². The van der Waals surface area contributed by atoms with Gasteiger partial charge in [0.25, 0.3) is 0 Å². The fourth-order valence-corrected chi connectivity index (χ4v) is 2.21. The average molecular weight is 269 g/mol. The molecule has 1 unspecified atom stereocenters. The van der Waals surface area contributed by atoms with Crippen molar-refractivity contribution in [2.24, 2.45) is 17.6 Å². The van der Waals surface area contributed by atoms with Crippen molar-refractivity contribution in [3.05, 3.63) is 0 Å². The zero-order chi connectivity index (χ0) is 14.6. The summed E-state index contributed by atoms with van der Waals surface area (Å²) in [6.45, 7) is 9.15. The van der Waals surface area contributed by atoms with E-state index in [1.54, 1.807) is 0 Å². The van der Waals surface area contributed by atoms with Crippen LogP contribution in [-0.4, -0.2) is 41.9 Å². The van der Waals surface area contributed by atoms with Crippen LogP contribution in [0.15, 0.2) is 0 Å². The Balaban J connectivity index is 2.38. The van der Waals surface area contributed by atoms with Gasteiger partial charge in [0, 0.05) is 25.0 Å². The first-order chi connectivity index (χ1) is 8.82. The number of carbonyl (C=O) groups is 2. The van der Waals surface area contributed by atoms with Crippen LogP contribution in [0, 0.1) is 11.8 Å². The third-order valence-electron chi connectivity index (χ3n) is 3.67. The highest BCUT2D eigenvalue weighted by Gasteiger charge is 2.26. The second kappa shape index (κ2) is 6.89. The second-order valence-electron chi connectivity index (χ2n) is 6.03.